The molecular weight excluding hydrogens is 234 g/mol. The second-order valence-corrected chi connectivity index (χ2v) is 4.20. The van der Waals surface area contributed by atoms with Crippen molar-refractivity contribution in [2.75, 3.05) is 5.73 Å². The molecule has 0 fully saturated rings. The summed E-state index contributed by atoms with van der Waals surface area (Å²) < 4.78 is 5.30. The molecule has 1 atom stereocenters. The monoisotopic (exact) mass is 245 g/mol. The number of nitrogens with one attached hydrogen (secondary N) is 1. The van der Waals surface area contributed by atoms with E-state index in [0.29, 0.717) is 23.2 Å². The number of hydrogen-bond donors (Lipinski definition) is 3. The van der Waals surface area contributed by atoms with E-state index in [2.05, 4.69) is 10.2 Å². The number of aromatic amines is 1. The molecule has 0 aliphatic carbocycles. The molecular formula is C12H11N3O3. The van der Waals surface area contributed by atoms with Crippen LogP contribution in [0.2, 0.25) is 0 Å². The fraction of sp³-hybridized carbons (Fsp3) is 0.167. The summed E-state index contributed by atoms with van der Waals surface area (Å²) in [6.07, 6.45) is 3.40. The number of anilines is 1. The van der Waals surface area contributed by atoms with Crippen molar-refractivity contribution < 1.29 is 14.6 Å². The normalized spacial score (nSPS) is 22.2. The molecule has 0 spiro atoms. The minimum atomic E-state index is -1.35. The van der Waals surface area contributed by atoms with E-state index < -0.39 is 11.6 Å². The van der Waals surface area contributed by atoms with Gasteiger partial charge in [-0.05, 0) is 18.2 Å². The van der Waals surface area contributed by atoms with Gasteiger partial charge in [0.1, 0.15) is 0 Å². The van der Waals surface area contributed by atoms with E-state index in [0.717, 1.165) is 5.52 Å². The first kappa shape index (κ1) is 10.6. The zero-order valence-electron chi connectivity index (χ0n) is 9.38. The highest BCUT2D eigenvalue weighted by Crippen LogP contribution is 2.36. The van der Waals surface area contributed by atoms with E-state index in [-0.39, 0.29) is 0 Å². The highest BCUT2D eigenvalue weighted by molar-refractivity contribution is 5.91. The fourth-order valence-corrected chi connectivity index (χ4v) is 2.16. The number of carboxylic acids is 1. The van der Waals surface area contributed by atoms with E-state index in [1.165, 1.54) is 6.26 Å². The van der Waals surface area contributed by atoms with Crippen LogP contribution >= 0.6 is 0 Å². The van der Waals surface area contributed by atoms with Gasteiger partial charge in [-0.1, -0.05) is 6.07 Å². The Morgan fingerprint density at radius 2 is 2.39 bits per heavy atom. The molecule has 18 heavy (non-hydrogen) atoms. The van der Waals surface area contributed by atoms with Crippen molar-refractivity contribution in [2.45, 2.75) is 12.0 Å². The minimum absolute atomic E-state index is 0.297. The van der Waals surface area contributed by atoms with Crippen LogP contribution in [0.4, 0.5) is 5.82 Å². The maximum absolute atomic E-state index is 11.5. The summed E-state index contributed by atoms with van der Waals surface area (Å²) in [6.45, 7) is 0. The van der Waals surface area contributed by atoms with Gasteiger partial charge < -0.3 is 15.6 Å². The molecule has 0 amide bonds. The van der Waals surface area contributed by atoms with Crippen LogP contribution in [-0.4, -0.2) is 21.3 Å². The maximum Gasteiger partial charge on any atom is 0.353 e. The molecule has 1 aliphatic rings. The van der Waals surface area contributed by atoms with Gasteiger partial charge in [0.15, 0.2) is 5.82 Å². The number of benzene rings is 1. The van der Waals surface area contributed by atoms with E-state index >= 15 is 0 Å². The predicted molar refractivity (Wildman–Crippen MR) is 64.7 cm³/mol. The van der Waals surface area contributed by atoms with Gasteiger partial charge in [-0.15, -0.1) is 0 Å². The number of fused-ring (bicyclic) bond motifs is 1. The number of nitrogens with two attached hydrogens (primary N) is 1. The third kappa shape index (κ3) is 1.29. The van der Waals surface area contributed by atoms with Gasteiger partial charge in [-0.3, -0.25) is 5.10 Å². The van der Waals surface area contributed by atoms with Crippen LogP contribution in [0.15, 0.2) is 30.5 Å². The second kappa shape index (κ2) is 3.49. The van der Waals surface area contributed by atoms with Crippen molar-refractivity contribution in [2.24, 2.45) is 0 Å². The van der Waals surface area contributed by atoms with E-state index in [1.807, 2.05) is 0 Å². The van der Waals surface area contributed by atoms with Crippen LogP contribution < -0.4 is 5.73 Å². The molecule has 1 aromatic carbocycles. The first-order valence-corrected chi connectivity index (χ1v) is 5.44. The summed E-state index contributed by atoms with van der Waals surface area (Å²) in [5.74, 6) is -0.674. The lowest BCUT2D eigenvalue weighted by molar-refractivity contribution is -0.158. The van der Waals surface area contributed by atoms with Gasteiger partial charge in [-0.25, -0.2) is 4.79 Å². The first-order chi connectivity index (χ1) is 8.63. The van der Waals surface area contributed by atoms with Crippen LogP contribution in [0.25, 0.3) is 10.9 Å². The number of H-pyrrole nitrogens is 1. The topological polar surface area (TPSA) is 101 Å². The Morgan fingerprint density at radius 1 is 1.56 bits per heavy atom. The Kier molecular flexibility index (Phi) is 2.07. The van der Waals surface area contributed by atoms with Gasteiger partial charge in [0.25, 0.3) is 0 Å². The Labute approximate surface area is 102 Å². The van der Waals surface area contributed by atoms with E-state index in [9.17, 15) is 9.90 Å². The highest BCUT2D eigenvalue weighted by atomic mass is 16.5. The minimum Gasteiger partial charge on any atom is -0.478 e. The molecule has 1 unspecified atom stereocenters. The van der Waals surface area contributed by atoms with Crippen LogP contribution in [-0.2, 0) is 15.1 Å². The number of carbonyl (C=O) groups is 1. The van der Waals surface area contributed by atoms with Crippen LogP contribution in [0.3, 0.4) is 0 Å². The van der Waals surface area contributed by atoms with Crippen LogP contribution in [0.5, 0.6) is 0 Å². The van der Waals surface area contributed by atoms with Gasteiger partial charge in [0.2, 0.25) is 5.60 Å². The summed E-state index contributed by atoms with van der Waals surface area (Å²) in [5, 5.41) is 16.7. The summed E-state index contributed by atoms with van der Waals surface area (Å²) >= 11 is 0. The number of hydrogen-bond acceptors (Lipinski definition) is 4. The average molecular weight is 245 g/mol. The lowest BCUT2D eigenvalue weighted by Crippen LogP contribution is -2.34. The lowest BCUT2D eigenvalue weighted by Gasteiger charge is -2.24. The molecule has 4 N–H and O–H groups in total. The smallest absolute Gasteiger partial charge is 0.353 e. The quantitative estimate of drug-likeness (QED) is 0.741. The Bertz CT molecular complexity index is 652. The van der Waals surface area contributed by atoms with Crippen molar-refractivity contribution in [3.8, 4) is 0 Å². The Balaban J connectivity index is 2.18. The Hall–Kier alpha value is -2.50. The summed E-state index contributed by atoms with van der Waals surface area (Å²) in [6, 6.07) is 5.16. The van der Waals surface area contributed by atoms with Gasteiger partial charge in [0.05, 0.1) is 11.8 Å². The summed E-state index contributed by atoms with van der Waals surface area (Å²) in [4.78, 5) is 11.5. The molecule has 2 heterocycles. The zero-order valence-corrected chi connectivity index (χ0v) is 9.38. The van der Waals surface area contributed by atoms with Gasteiger partial charge in [0, 0.05) is 17.4 Å². The van der Waals surface area contributed by atoms with Crippen molar-refractivity contribution in [3.05, 3.63) is 36.1 Å². The lowest BCUT2D eigenvalue weighted by atomic mass is 9.90. The third-order valence-electron chi connectivity index (χ3n) is 3.17. The van der Waals surface area contributed by atoms with Crippen LogP contribution in [0, 0.1) is 0 Å². The highest BCUT2D eigenvalue weighted by Gasteiger charge is 2.43. The number of carboxylic acid groups (broad SMARTS) is 1. The Morgan fingerprint density at radius 3 is 3.06 bits per heavy atom. The molecule has 92 valence electrons. The molecule has 6 nitrogen and oxygen atoms in total. The van der Waals surface area contributed by atoms with Crippen molar-refractivity contribution in [1.29, 1.82) is 0 Å². The fourth-order valence-electron chi connectivity index (χ4n) is 2.16. The number of rotatable bonds is 2. The number of nitrogen functional groups attached to an aromatic ring is 1. The van der Waals surface area contributed by atoms with E-state index in [1.54, 1.807) is 24.3 Å². The molecule has 2 aromatic rings. The predicted octanol–water partition coefficient (Wildman–Crippen LogP) is 1.36. The molecule has 0 bridgehead atoms. The SMILES string of the molecule is Nc1n[nH]c2ccc(C3(C(=O)O)CC=CO3)cc12. The maximum atomic E-state index is 11.5. The number of ether oxygens (including phenoxy) is 1. The largest absolute Gasteiger partial charge is 0.478 e. The van der Waals surface area contributed by atoms with E-state index in [4.69, 9.17) is 10.5 Å². The number of nitrogens with zero attached hydrogens (tertiary/aromatic N) is 1. The molecule has 6 heteroatoms. The van der Waals surface area contributed by atoms with Crippen molar-refractivity contribution in [1.82, 2.24) is 10.2 Å². The first-order valence-electron chi connectivity index (χ1n) is 5.44. The van der Waals surface area contributed by atoms with Gasteiger partial charge in [-0.2, -0.15) is 5.10 Å². The molecule has 3 rings (SSSR count). The average Bonchev–Trinajstić information content (AvgIpc) is 2.97. The standard InChI is InChI=1S/C12H11N3O3/c13-10-8-6-7(2-3-9(8)14-15-10)12(11(16)17)4-1-5-18-12/h1-3,5-6H,4H2,(H,16,17)(H3,13,14,15). The molecule has 1 aliphatic heterocycles. The van der Waals surface area contributed by atoms with Gasteiger partial charge >= 0.3 is 5.97 Å². The molecule has 0 saturated heterocycles. The summed E-state index contributed by atoms with van der Waals surface area (Å²) in [5.41, 5.74) is 5.69. The second-order valence-electron chi connectivity index (χ2n) is 4.20. The summed E-state index contributed by atoms with van der Waals surface area (Å²) in [7, 11) is 0. The molecule has 1 aromatic heterocycles. The molecule has 0 radical (unpaired) electrons. The number of aliphatic carboxylic acids is 1. The van der Waals surface area contributed by atoms with Crippen LogP contribution in [0.1, 0.15) is 12.0 Å². The van der Waals surface area contributed by atoms with Crippen molar-refractivity contribution >= 4 is 22.7 Å². The number of aromatic nitrogens is 2. The molecule has 0 saturated carbocycles. The van der Waals surface area contributed by atoms with Crippen molar-refractivity contribution in [3.63, 3.8) is 0 Å². The third-order valence-corrected chi connectivity index (χ3v) is 3.17. The zero-order chi connectivity index (χ0) is 12.8.